The molecule has 2 heterocycles. The van der Waals surface area contributed by atoms with Crippen LogP contribution in [0.1, 0.15) is 39.0 Å². The van der Waals surface area contributed by atoms with Crippen molar-refractivity contribution in [2.75, 3.05) is 18.8 Å². The van der Waals surface area contributed by atoms with Crippen LogP contribution < -0.4 is 0 Å². The van der Waals surface area contributed by atoms with Crippen LogP contribution in [-0.2, 0) is 11.3 Å². The van der Waals surface area contributed by atoms with Crippen LogP contribution in [0.4, 0.5) is 0 Å². The Morgan fingerprint density at radius 2 is 1.95 bits per heavy atom. The normalized spacial score (nSPS) is 17.0. The zero-order valence-corrected chi connectivity index (χ0v) is 12.5. The minimum absolute atomic E-state index is 0.262. The van der Waals surface area contributed by atoms with E-state index in [9.17, 15) is 4.79 Å². The quantitative estimate of drug-likeness (QED) is 0.797. The Morgan fingerprint density at radius 1 is 1.26 bits per heavy atom. The number of carbonyl (C=O) groups is 1. The van der Waals surface area contributed by atoms with Gasteiger partial charge in [0, 0.05) is 32.0 Å². The standard InChI is InChI=1S/C14H23N3OS/c1-2-16-11-8-15-14(16)19-12-13(18)17-9-6-4-3-5-7-10-17/h8,11H,2-7,9-10,12H2,1H3. The van der Waals surface area contributed by atoms with E-state index in [4.69, 9.17) is 0 Å². The van der Waals surface area contributed by atoms with Gasteiger partial charge < -0.3 is 9.47 Å². The lowest BCUT2D eigenvalue weighted by atomic mass is 10.1. The summed E-state index contributed by atoms with van der Waals surface area (Å²) in [5.41, 5.74) is 0. The summed E-state index contributed by atoms with van der Waals surface area (Å²) < 4.78 is 2.07. The highest BCUT2D eigenvalue weighted by molar-refractivity contribution is 7.99. The van der Waals surface area contributed by atoms with Gasteiger partial charge in [-0.15, -0.1) is 0 Å². The van der Waals surface area contributed by atoms with Gasteiger partial charge in [0.15, 0.2) is 5.16 Å². The topological polar surface area (TPSA) is 38.1 Å². The average molecular weight is 281 g/mol. The van der Waals surface area contributed by atoms with E-state index < -0.39 is 0 Å². The minimum atomic E-state index is 0.262. The molecule has 1 aliphatic heterocycles. The number of hydrogen-bond acceptors (Lipinski definition) is 3. The van der Waals surface area contributed by atoms with Crippen LogP contribution in [0.5, 0.6) is 0 Å². The van der Waals surface area contributed by atoms with Crippen molar-refractivity contribution in [3.05, 3.63) is 12.4 Å². The highest BCUT2D eigenvalue weighted by Crippen LogP contribution is 2.17. The molecule has 19 heavy (non-hydrogen) atoms. The van der Waals surface area contributed by atoms with E-state index >= 15 is 0 Å². The highest BCUT2D eigenvalue weighted by atomic mass is 32.2. The third-order valence-electron chi connectivity index (χ3n) is 3.55. The summed E-state index contributed by atoms with van der Waals surface area (Å²) in [5, 5.41) is 0.947. The number of aromatic nitrogens is 2. The SMILES string of the molecule is CCn1ccnc1SCC(=O)N1CCCCCCC1. The maximum Gasteiger partial charge on any atom is 0.233 e. The number of likely N-dealkylation sites (tertiary alicyclic amines) is 1. The van der Waals surface area contributed by atoms with E-state index in [1.54, 1.807) is 18.0 Å². The van der Waals surface area contributed by atoms with E-state index in [-0.39, 0.29) is 5.91 Å². The maximum atomic E-state index is 12.2. The zero-order valence-electron chi connectivity index (χ0n) is 11.7. The molecule has 0 radical (unpaired) electrons. The number of rotatable bonds is 4. The molecule has 4 nitrogen and oxygen atoms in total. The number of amides is 1. The average Bonchev–Trinajstić information content (AvgIpc) is 2.83. The van der Waals surface area contributed by atoms with Gasteiger partial charge in [0.05, 0.1) is 5.75 Å². The molecule has 0 bridgehead atoms. The lowest BCUT2D eigenvalue weighted by Gasteiger charge is -2.24. The van der Waals surface area contributed by atoms with Gasteiger partial charge in [-0.1, -0.05) is 31.0 Å². The monoisotopic (exact) mass is 281 g/mol. The Morgan fingerprint density at radius 3 is 2.63 bits per heavy atom. The number of aryl methyl sites for hydroxylation is 1. The Labute approximate surface area is 119 Å². The van der Waals surface area contributed by atoms with Crippen LogP contribution in [0.25, 0.3) is 0 Å². The first-order chi connectivity index (χ1) is 9.31. The molecule has 2 rings (SSSR count). The van der Waals surface area contributed by atoms with Gasteiger partial charge in [-0.3, -0.25) is 4.79 Å². The van der Waals surface area contributed by atoms with Gasteiger partial charge in [0.25, 0.3) is 0 Å². The molecule has 106 valence electrons. The fourth-order valence-corrected chi connectivity index (χ4v) is 3.32. The molecule has 1 amide bonds. The molecule has 1 saturated heterocycles. The molecule has 1 aromatic rings. The Kier molecular flexibility index (Phi) is 5.76. The largest absolute Gasteiger partial charge is 0.342 e. The molecule has 1 fully saturated rings. The van der Waals surface area contributed by atoms with Crippen molar-refractivity contribution in [2.45, 2.75) is 50.7 Å². The molecule has 0 aliphatic carbocycles. The number of thioether (sulfide) groups is 1. The van der Waals surface area contributed by atoms with Crippen molar-refractivity contribution in [3.8, 4) is 0 Å². The maximum absolute atomic E-state index is 12.2. The Bertz CT molecular complexity index is 397. The van der Waals surface area contributed by atoms with Crippen molar-refractivity contribution in [1.29, 1.82) is 0 Å². The lowest BCUT2D eigenvalue weighted by Crippen LogP contribution is -2.35. The smallest absolute Gasteiger partial charge is 0.233 e. The van der Waals surface area contributed by atoms with Gasteiger partial charge in [-0.05, 0) is 19.8 Å². The molecule has 0 spiro atoms. The molecule has 0 atom stereocenters. The molecular weight excluding hydrogens is 258 g/mol. The molecule has 0 saturated carbocycles. The fraction of sp³-hybridized carbons (Fsp3) is 0.714. The number of imidazole rings is 1. The van der Waals surface area contributed by atoms with E-state index in [0.29, 0.717) is 5.75 Å². The van der Waals surface area contributed by atoms with E-state index in [1.165, 1.54) is 19.3 Å². The molecule has 5 heteroatoms. The summed E-state index contributed by atoms with van der Waals surface area (Å²) in [4.78, 5) is 18.6. The van der Waals surface area contributed by atoms with Crippen LogP contribution in [0.2, 0.25) is 0 Å². The van der Waals surface area contributed by atoms with Crippen LogP contribution >= 0.6 is 11.8 Å². The summed E-state index contributed by atoms with van der Waals surface area (Å²) in [6.45, 7) is 4.86. The third-order valence-corrected chi connectivity index (χ3v) is 4.54. The van der Waals surface area contributed by atoms with Crippen LogP contribution in [0.3, 0.4) is 0 Å². The molecule has 0 aromatic carbocycles. The van der Waals surface area contributed by atoms with Gasteiger partial charge >= 0.3 is 0 Å². The van der Waals surface area contributed by atoms with Crippen molar-refractivity contribution in [3.63, 3.8) is 0 Å². The van der Waals surface area contributed by atoms with Crippen LogP contribution in [0, 0.1) is 0 Å². The predicted molar refractivity (Wildman–Crippen MR) is 78.3 cm³/mol. The summed E-state index contributed by atoms with van der Waals surface area (Å²) in [7, 11) is 0. The van der Waals surface area contributed by atoms with Gasteiger partial charge in [-0.25, -0.2) is 4.98 Å². The number of nitrogens with zero attached hydrogens (tertiary/aromatic N) is 3. The predicted octanol–water partition coefficient (Wildman–Crippen LogP) is 2.79. The van der Waals surface area contributed by atoms with E-state index in [2.05, 4.69) is 16.5 Å². The first-order valence-corrected chi connectivity index (χ1v) is 8.21. The Balaban J connectivity index is 1.82. The third kappa shape index (κ3) is 4.27. The number of carbonyl (C=O) groups excluding carboxylic acids is 1. The van der Waals surface area contributed by atoms with Crippen molar-refractivity contribution in [1.82, 2.24) is 14.5 Å². The summed E-state index contributed by atoms with van der Waals surface area (Å²) in [6, 6.07) is 0. The zero-order chi connectivity index (χ0) is 13.5. The molecule has 1 aliphatic rings. The highest BCUT2D eigenvalue weighted by Gasteiger charge is 2.15. The second-order valence-corrected chi connectivity index (χ2v) is 5.88. The summed E-state index contributed by atoms with van der Waals surface area (Å²) in [5.74, 6) is 0.773. The van der Waals surface area contributed by atoms with Gasteiger partial charge in [-0.2, -0.15) is 0 Å². The minimum Gasteiger partial charge on any atom is -0.342 e. The first-order valence-electron chi connectivity index (χ1n) is 7.23. The van der Waals surface area contributed by atoms with Gasteiger partial charge in [0.1, 0.15) is 0 Å². The van der Waals surface area contributed by atoms with Crippen LogP contribution in [-0.4, -0.2) is 39.2 Å². The summed E-state index contributed by atoms with van der Waals surface area (Å²) >= 11 is 1.55. The second kappa shape index (κ2) is 7.58. The molecule has 0 N–H and O–H groups in total. The van der Waals surface area contributed by atoms with Crippen LogP contribution in [0.15, 0.2) is 17.6 Å². The Hall–Kier alpha value is -0.970. The van der Waals surface area contributed by atoms with E-state index in [1.807, 2.05) is 11.1 Å². The summed E-state index contributed by atoms with van der Waals surface area (Å²) in [6.07, 6.45) is 9.91. The molecule has 0 unspecified atom stereocenters. The molecular formula is C14H23N3OS. The van der Waals surface area contributed by atoms with Crippen molar-refractivity contribution < 1.29 is 4.79 Å². The van der Waals surface area contributed by atoms with Crippen molar-refractivity contribution in [2.24, 2.45) is 0 Å². The van der Waals surface area contributed by atoms with Crippen molar-refractivity contribution >= 4 is 17.7 Å². The first kappa shape index (κ1) is 14.4. The second-order valence-electron chi connectivity index (χ2n) is 4.93. The number of hydrogen-bond donors (Lipinski definition) is 0. The lowest BCUT2D eigenvalue weighted by molar-refractivity contribution is -0.128. The molecule has 1 aromatic heterocycles. The van der Waals surface area contributed by atoms with Gasteiger partial charge in [0.2, 0.25) is 5.91 Å². The van der Waals surface area contributed by atoms with E-state index in [0.717, 1.165) is 37.6 Å². The fourth-order valence-electron chi connectivity index (χ4n) is 2.39.